The summed E-state index contributed by atoms with van der Waals surface area (Å²) >= 11 is 0. The number of hydrogen-bond acceptors (Lipinski definition) is 6. The highest BCUT2D eigenvalue weighted by molar-refractivity contribution is 5.78. The molecular formula is C20H33N5O3. The third-order valence-electron chi connectivity index (χ3n) is 5.74. The van der Waals surface area contributed by atoms with E-state index in [-0.39, 0.29) is 17.7 Å². The molecule has 0 bridgehead atoms. The average molecular weight is 392 g/mol. The summed E-state index contributed by atoms with van der Waals surface area (Å²) in [5.74, 6) is 2.34. The molecule has 3 rings (SSSR count). The van der Waals surface area contributed by atoms with Gasteiger partial charge in [-0.25, -0.2) is 0 Å². The molecule has 0 aliphatic carbocycles. The van der Waals surface area contributed by atoms with Gasteiger partial charge in [-0.1, -0.05) is 25.9 Å². The Bertz CT molecular complexity index is 659. The molecule has 0 radical (unpaired) electrons. The quantitative estimate of drug-likeness (QED) is 0.732. The normalized spacial score (nSPS) is 19.4. The van der Waals surface area contributed by atoms with Gasteiger partial charge in [0.15, 0.2) is 5.82 Å². The first-order valence-electron chi connectivity index (χ1n) is 10.5. The van der Waals surface area contributed by atoms with Gasteiger partial charge in [-0.2, -0.15) is 4.98 Å². The largest absolute Gasteiger partial charge is 0.343 e. The number of amides is 2. The fourth-order valence-electron chi connectivity index (χ4n) is 3.78. The van der Waals surface area contributed by atoms with Gasteiger partial charge in [0.2, 0.25) is 17.7 Å². The minimum absolute atomic E-state index is 0.0439. The van der Waals surface area contributed by atoms with Crippen molar-refractivity contribution in [2.75, 3.05) is 39.3 Å². The second-order valence-electron chi connectivity index (χ2n) is 8.42. The van der Waals surface area contributed by atoms with Gasteiger partial charge in [0, 0.05) is 58.0 Å². The number of piperidine rings is 1. The number of aryl methyl sites for hydroxylation is 1. The maximum absolute atomic E-state index is 12.3. The molecule has 2 amide bonds. The van der Waals surface area contributed by atoms with Crippen LogP contribution in [0, 0.1) is 11.8 Å². The number of carbonyl (C=O) groups excluding carboxylic acids is 2. The van der Waals surface area contributed by atoms with E-state index in [1.165, 1.54) is 0 Å². The van der Waals surface area contributed by atoms with Crippen LogP contribution < -0.4 is 0 Å². The number of nitrogens with zero attached hydrogens (tertiary/aromatic N) is 5. The molecule has 0 unspecified atom stereocenters. The molecule has 2 saturated heterocycles. The van der Waals surface area contributed by atoms with E-state index in [4.69, 9.17) is 4.52 Å². The smallest absolute Gasteiger partial charge is 0.227 e. The van der Waals surface area contributed by atoms with E-state index in [0.717, 1.165) is 52.1 Å². The van der Waals surface area contributed by atoms with Gasteiger partial charge in [-0.05, 0) is 18.8 Å². The maximum Gasteiger partial charge on any atom is 0.227 e. The molecule has 0 saturated carbocycles. The SMILES string of the molecule is CC1CCN(C(=O)CCc2nc(CN3CCN(C(=O)C(C)C)CC3)no2)CC1. The van der Waals surface area contributed by atoms with E-state index in [0.29, 0.717) is 37.0 Å². The summed E-state index contributed by atoms with van der Waals surface area (Å²) in [7, 11) is 0. The molecule has 1 aromatic rings. The third kappa shape index (κ3) is 5.53. The zero-order valence-electron chi connectivity index (χ0n) is 17.4. The fourth-order valence-corrected chi connectivity index (χ4v) is 3.78. The molecular weight excluding hydrogens is 358 g/mol. The predicted molar refractivity (Wildman–Crippen MR) is 104 cm³/mol. The zero-order chi connectivity index (χ0) is 20.1. The standard InChI is InChI=1S/C20H33N5O3/c1-15(2)20(27)25-12-10-23(11-13-25)14-17-21-18(28-22-17)4-5-19(26)24-8-6-16(3)7-9-24/h15-16H,4-14H2,1-3H3. The van der Waals surface area contributed by atoms with Crippen molar-refractivity contribution >= 4 is 11.8 Å². The Labute approximate surface area is 167 Å². The van der Waals surface area contributed by atoms with Crippen LogP contribution in [0.15, 0.2) is 4.52 Å². The van der Waals surface area contributed by atoms with E-state index in [1.54, 1.807) is 0 Å². The molecule has 0 spiro atoms. The van der Waals surface area contributed by atoms with Crippen LogP contribution >= 0.6 is 0 Å². The van der Waals surface area contributed by atoms with Gasteiger partial charge in [-0.3, -0.25) is 14.5 Å². The predicted octanol–water partition coefficient (Wildman–Crippen LogP) is 1.56. The highest BCUT2D eigenvalue weighted by Gasteiger charge is 2.24. The number of piperazine rings is 1. The molecule has 3 heterocycles. The number of carbonyl (C=O) groups is 2. The zero-order valence-corrected chi connectivity index (χ0v) is 17.4. The molecule has 0 atom stereocenters. The molecule has 2 aliphatic rings. The van der Waals surface area contributed by atoms with Crippen LogP contribution in [0.2, 0.25) is 0 Å². The van der Waals surface area contributed by atoms with Crippen LogP contribution in [0.5, 0.6) is 0 Å². The van der Waals surface area contributed by atoms with E-state index < -0.39 is 0 Å². The first-order valence-corrected chi connectivity index (χ1v) is 10.5. The number of rotatable bonds is 6. The average Bonchev–Trinajstić information content (AvgIpc) is 3.14. The Hall–Kier alpha value is -1.96. The summed E-state index contributed by atoms with van der Waals surface area (Å²) in [6.07, 6.45) is 3.10. The Morgan fingerprint density at radius 1 is 1.07 bits per heavy atom. The summed E-state index contributed by atoms with van der Waals surface area (Å²) in [6, 6.07) is 0. The first-order chi connectivity index (χ1) is 13.4. The lowest BCUT2D eigenvalue weighted by molar-refractivity contribution is -0.136. The fraction of sp³-hybridized carbons (Fsp3) is 0.800. The first kappa shape index (κ1) is 20.8. The summed E-state index contributed by atoms with van der Waals surface area (Å²) < 4.78 is 5.33. The monoisotopic (exact) mass is 391 g/mol. The van der Waals surface area contributed by atoms with Crippen LogP contribution in [0.3, 0.4) is 0 Å². The lowest BCUT2D eigenvalue weighted by Gasteiger charge is -2.34. The second kappa shape index (κ2) is 9.49. The van der Waals surface area contributed by atoms with Crippen LogP contribution in [0.1, 0.15) is 51.7 Å². The van der Waals surface area contributed by atoms with Gasteiger partial charge < -0.3 is 14.3 Å². The Balaban J connectivity index is 1.40. The molecule has 2 fully saturated rings. The van der Waals surface area contributed by atoms with Crippen molar-refractivity contribution in [3.63, 3.8) is 0 Å². The van der Waals surface area contributed by atoms with Crippen molar-refractivity contribution in [3.8, 4) is 0 Å². The lowest BCUT2D eigenvalue weighted by atomic mass is 9.99. The molecule has 28 heavy (non-hydrogen) atoms. The molecule has 0 aromatic carbocycles. The van der Waals surface area contributed by atoms with Crippen molar-refractivity contribution in [1.29, 1.82) is 0 Å². The molecule has 156 valence electrons. The van der Waals surface area contributed by atoms with Crippen molar-refractivity contribution in [2.45, 2.75) is 53.0 Å². The number of hydrogen-bond donors (Lipinski definition) is 0. The topological polar surface area (TPSA) is 82.8 Å². The minimum atomic E-state index is 0.0439. The van der Waals surface area contributed by atoms with Crippen molar-refractivity contribution in [3.05, 3.63) is 11.7 Å². The van der Waals surface area contributed by atoms with E-state index in [1.807, 2.05) is 23.6 Å². The molecule has 8 heteroatoms. The van der Waals surface area contributed by atoms with Gasteiger partial charge in [0.25, 0.3) is 0 Å². The summed E-state index contributed by atoms with van der Waals surface area (Å²) in [4.78, 5) is 35.0. The summed E-state index contributed by atoms with van der Waals surface area (Å²) in [5, 5.41) is 4.06. The summed E-state index contributed by atoms with van der Waals surface area (Å²) in [6.45, 7) is 11.6. The Morgan fingerprint density at radius 3 is 2.39 bits per heavy atom. The molecule has 8 nitrogen and oxygen atoms in total. The van der Waals surface area contributed by atoms with Crippen LogP contribution in [0.4, 0.5) is 0 Å². The molecule has 0 N–H and O–H groups in total. The van der Waals surface area contributed by atoms with Crippen LogP contribution in [-0.4, -0.2) is 75.9 Å². The molecule has 1 aromatic heterocycles. The van der Waals surface area contributed by atoms with Crippen LogP contribution in [-0.2, 0) is 22.6 Å². The third-order valence-corrected chi connectivity index (χ3v) is 5.74. The van der Waals surface area contributed by atoms with Crippen molar-refractivity contribution < 1.29 is 14.1 Å². The van der Waals surface area contributed by atoms with Gasteiger partial charge in [0.05, 0.1) is 6.54 Å². The highest BCUT2D eigenvalue weighted by Crippen LogP contribution is 2.17. The summed E-state index contributed by atoms with van der Waals surface area (Å²) in [5.41, 5.74) is 0. The number of aromatic nitrogens is 2. The second-order valence-corrected chi connectivity index (χ2v) is 8.42. The van der Waals surface area contributed by atoms with Gasteiger partial charge in [0.1, 0.15) is 0 Å². The van der Waals surface area contributed by atoms with Crippen LogP contribution in [0.25, 0.3) is 0 Å². The lowest BCUT2D eigenvalue weighted by Crippen LogP contribution is -2.49. The minimum Gasteiger partial charge on any atom is -0.343 e. The van der Waals surface area contributed by atoms with Crippen molar-refractivity contribution in [2.24, 2.45) is 11.8 Å². The van der Waals surface area contributed by atoms with Gasteiger partial charge >= 0.3 is 0 Å². The van der Waals surface area contributed by atoms with Gasteiger partial charge in [-0.15, -0.1) is 0 Å². The number of likely N-dealkylation sites (tertiary alicyclic amines) is 1. The van der Waals surface area contributed by atoms with E-state index in [2.05, 4.69) is 22.0 Å². The highest BCUT2D eigenvalue weighted by atomic mass is 16.5. The molecule has 2 aliphatic heterocycles. The van der Waals surface area contributed by atoms with Crippen molar-refractivity contribution in [1.82, 2.24) is 24.8 Å². The maximum atomic E-state index is 12.3. The van der Waals surface area contributed by atoms with E-state index in [9.17, 15) is 9.59 Å². The van der Waals surface area contributed by atoms with E-state index >= 15 is 0 Å². The Kier molecular flexibility index (Phi) is 7.04. The Morgan fingerprint density at radius 2 is 1.75 bits per heavy atom.